The van der Waals surface area contributed by atoms with E-state index in [-0.39, 0.29) is 11.9 Å². The molecule has 0 aromatic carbocycles. The van der Waals surface area contributed by atoms with Gasteiger partial charge in [-0.15, -0.1) is 0 Å². The monoisotopic (exact) mass is 331 g/mol. The summed E-state index contributed by atoms with van der Waals surface area (Å²) in [5, 5.41) is 16.2. The van der Waals surface area contributed by atoms with Crippen LogP contribution in [0.3, 0.4) is 0 Å². The Morgan fingerprint density at radius 2 is 2.21 bits per heavy atom. The van der Waals surface area contributed by atoms with Crippen LogP contribution in [0.5, 0.6) is 0 Å². The number of rotatable bonds is 6. The number of hydrogen-bond acceptors (Lipinski definition) is 4. The molecule has 0 atom stereocenters. The molecule has 0 spiro atoms. The van der Waals surface area contributed by atoms with Gasteiger partial charge in [-0.05, 0) is 43.6 Å². The highest BCUT2D eigenvalue weighted by Gasteiger charge is 2.18. The number of amidine groups is 1. The zero-order valence-corrected chi connectivity index (χ0v) is 13.5. The van der Waals surface area contributed by atoms with E-state index < -0.39 is 0 Å². The third-order valence-corrected chi connectivity index (χ3v) is 4.06. The van der Waals surface area contributed by atoms with Crippen LogP contribution in [0.25, 0.3) is 0 Å². The molecule has 0 aliphatic carbocycles. The number of halogens is 1. The maximum absolute atomic E-state index is 8.70. The average molecular weight is 332 g/mol. The molecule has 6 nitrogen and oxygen atoms in total. The molecule has 1 heterocycles. The second kappa shape index (κ2) is 6.91. The maximum atomic E-state index is 8.70. The van der Waals surface area contributed by atoms with Crippen LogP contribution in [0.2, 0.25) is 0 Å². The molecule has 1 aromatic rings. The van der Waals surface area contributed by atoms with Gasteiger partial charge in [0.2, 0.25) is 0 Å². The van der Waals surface area contributed by atoms with Crippen molar-refractivity contribution in [1.29, 1.82) is 0 Å². The van der Waals surface area contributed by atoms with Crippen LogP contribution in [0.4, 0.5) is 0 Å². The van der Waals surface area contributed by atoms with Crippen molar-refractivity contribution in [3.8, 4) is 0 Å². The minimum absolute atomic E-state index is 0.212. The van der Waals surface area contributed by atoms with Crippen molar-refractivity contribution in [2.75, 3.05) is 6.54 Å². The molecule has 0 saturated carbocycles. The molecule has 108 valence electrons. The zero-order chi connectivity index (χ0) is 14.6. The summed E-state index contributed by atoms with van der Waals surface area (Å²) in [6.45, 7) is 10.1. The van der Waals surface area contributed by atoms with Crippen molar-refractivity contribution in [2.45, 2.75) is 46.8 Å². The molecule has 1 rings (SSSR count). The smallest absolute Gasteiger partial charge is 0.153 e. The Bertz CT molecular complexity index is 455. The van der Waals surface area contributed by atoms with Crippen LogP contribution in [-0.4, -0.2) is 38.3 Å². The van der Waals surface area contributed by atoms with Gasteiger partial charge in [0, 0.05) is 19.1 Å². The Morgan fingerprint density at radius 1 is 1.58 bits per heavy atom. The van der Waals surface area contributed by atoms with E-state index in [0.29, 0.717) is 13.1 Å². The van der Waals surface area contributed by atoms with E-state index in [1.807, 2.05) is 11.6 Å². The standard InChI is InChI=1S/C12H22BrN5O/c1-5-18-10(12(13)9(4)15-18)6-17(8(2)3)7-11(14)16-19/h8,19H,5-7H2,1-4H3,(H2,14,16). The summed E-state index contributed by atoms with van der Waals surface area (Å²) in [7, 11) is 0. The van der Waals surface area contributed by atoms with Crippen molar-refractivity contribution < 1.29 is 5.21 Å². The molecule has 7 heteroatoms. The maximum Gasteiger partial charge on any atom is 0.153 e. The van der Waals surface area contributed by atoms with Gasteiger partial charge in [-0.25, -0.2) is 0 Å². The summed E-state index contributed by atoms with van der Waals surface area (Å²) in [4.78, 5) is 2.13. The molecule has 1 aromatic heterocycles. The molecule has 19 heavy (non-hydrogen) atoms. The van der Waals surface area contributed by atoms with Gasteiger partial charge < -0.3 is 10.9 Å². The van der Waals surface area contributed by atoms with E-state index in [4.69, 9.17) is 10.9 Å². The first kappa shape index (κ1) is 16.0. The Morgan fingerprint density at radius 3 is 2.68 bits per heavy atom. The molecule has 0 amide bonds. The van der Waals surface area contributed by atoms with Crippen LogP contribution >= 0.6 is 15.9 Å². The van der Waals surface area contributed by atoms with Gasteiger partial charge in [0.05, 0.1) is 22.4 Å². The van der Waals surface area contributed by atoms with E-state index in [9.17, 15) is 0 Å². The molecular formula is C12H22BrN5O. The number of aromatic nitrogens is 2. The summed E-state index contributed by atoms with van der Waals surface area (Å²) in [5.41, 5.74) is 7.69. The average Bonchev–Trinajstić information content (AvgIpc) is 2.64. The van der Waals surface area contributed by atoms with Gasteiger partial charge in [0.25, 0.3) is 0 Å². The first-order valence-corrected chi connectivity index (χ1v) is 7.12. The largest absolute Gasteiger partial charge is 0.409 e. The van der Waals surface area contributed by atoms with Crippen molar-refractivity contribution in [2.24, 2.45) is 10.9 Å². The van der Waals surface area contributed by atoms with Gasteiger partial charge in [-0.3, -0.25) is 9.58 Å². The molecular weight excluding hydrogens is 310 g/mol. The fourth-order valence-corrected chi connectivity index (χ4v) is 2.28. The number of oxime groups is 1. The highest BCUT2D eigenvalue weighted by atomic mass is 79.9. The summed E-state index contributed by atoms with van der Waals surface area (Å²) in [6.07, 6.45) is 0. The van der Waals surface area contributed by atoms with E-state index in [1.165, 1.54) is 0 Å². The predicted octanol–water partition coefficient (Wildman–Crippen LogP) is 1.93. The second-order valence-electron chi connectivity index (χ2n) is 4.75. The Balaban J connectivity index is 2.96. The fourth-order valence-electron chi connectivity index (χ4n) is 1.87. The van der Waals surface area contributed by atoms with Crippen LogP contribution < -0.4 is 5.73 Å². The highest BCUT2D eigenvalue weighted by Crippen LogP contribution is 2.23. The normalized spacial score (nSPS) is 12.7. The third-order valence-electron chi connectivity index (χ3n) is 3.03. The van der Waals surface area contributed by atoms with E-state index in [1.54, 1.807) is 0 Å². The summed E-state index contributed by atoms with van der Waals surface area (Å²) >= 11 is 3.58. The molecule has 0 radical (unpaired) electrons. The number of nitrogens with two attached hydrogens (primary N) is 1. The lowest BCUT2D eigenvalue weighted by Crippen LogP contribution is -2.38. The Kier molecular flexibility index (Phi) is 5.81. The zero-order valence-electron chi connectivity index (χ0n) is 11.9. The van der Waals surface area contributed by atoms with Gasteiger partial charge >= 0.3 is 0 Å². The number of aryl methyl sites for hydroxylation is 2. The molecule has 0 aliphatic rings. The van der Waals surface area contributed by atoms with Crippen LogP contribution in [0, 0.1) is 6.92 Å². The van der Waals surface area contributed by atoms with Crippen molar-refractivity contribution in [3.63, 3.8) is 0 Å². The molecule has 0 fully saturated rings. The molecule has 0 unspecified atom stereocenters. The minimum atomic E-state index is 0.212. The van der Waals surface area contributed by atoms with Crippen LogP contribution in [-0.2, 0) is 13.1 Å². The summed E-state index contributed by atoms with van der Waals surface area (Å²) < 4.78 is 3.00. The lowest BCUT2D eigenvalue weighted by Gasteiger charge is -2.26. The topological polar surface area (TPSA) is 79.7 Å². The predicted molar refractivity (Wildman–Crippen MR) is 79.3 cm³/mol. The van der Waals surface area contributed by atoms with Gasteiger partial charge in [-0.2, -0.15) is 5.10 Å². The summed E-state index contributed by atoms with van der Waals surface area (Å²) in [5.74, 6) is 0.212. The number of hydrogen-bond donors (Lipinski definition) is 2. The van der Waals surface area contributed by atoms with Crippen molar-refractivity contribution >= 4 is 21.8 Å². The SMILES string of the molecule is CCn1nc(C)c(Br)c1CN(CC(N)=NO)C(C)C. The van der Waals surface area contributed by atoms with Gasteiger partial charge in [-0.1, -0.05) is 5.16 Å². The molecule has 0 saturated heterocycles. The molecule has 3 N–H and O–H groups in total. The van der Waals surface area contributed by atoms with Crippen molar-refractivity contribution in [3.05, 3.63) is 15.9 Å². The second-order valence-corrected chi connectivity index (χ2v) is 5.54. The minimum Gasteiger partial charge on any atom is -0.409 e. The van der Waals surface area contributed by atoms with E-state index in [2.05, 4.69) is 51.9 Å². The van der Waals surface area contributed by atoms with Crippen LogP contribution in [0.1, 0.15) is 32.2 Å². The molecule has 0 aliphatic heterocycles. The lowest BCUT2D eigenvalue weighted by atomic mass is 10.2. The summed E-state index contributed by atoms with van der Waals surface area (Å²) in [6, 6.07) is 0.285. The first-order valence-electron chi connectivity index (χ1n) is 6.32. The Hall–Kier alpha value is -1.08. The van der Waals surface area contributed by atoms with Crippen molar-refractivity contribution in [1.82, 2.24) is 14.7 Å². The van der Waals surface area contributed by atoms with Gasteiger partial charge in [0.15, 0.2) is 5.84 Å². The van der Waals surface area contributed by atoms with E-state index >= 15 is 0 Å². The quantitative estimate of drug-likeness (QED) is 0.361. The van der Waals surface area contributed by atoms with E-state index in [0.717, 1.165) is 22.4 Å². The van der Waals surface area contributed by atoms with Gasteiger partial charge in [0.1, 0.15) is 0 Å². The Labute approximate surface area is 122 Å². The van der Waals surface area contributed by atoms with Crippen LogP contribution in [0.15, 0.2) is 9.63 Å². The number of nitrogens with zero attached hydrogens (tertiary/aromatic N) is 4. The third kappa shape index (κ3) is 3.94. The first-order chi connectivity index (χ1) is 8.90. The molecule has 0 bridgehead atoms. The fraction of sp³-hybridized carbons (Fsp3) is 0.667. The highest BCUT2D eigenvalue weighted by molar-refractivity contribution is 9.10. The lowest BCUT2D eigenvalue weighted by molar-refractivity contribution is 0.231.